The summed E-state index contributed by atoms with van der Waals surface area (Å²) in [5, 5.41) is 0.741. The standard InChI is InChI=1S/C16H18ClN3S/c1-10-8-11(2)19-16(14(10)15(18)21)20(3)9-12-6-4-5-7-13(12)17/h4-8H,9H2,1-3H3,(H2,18,21). The molecule has 0 amide bonds. The van der Waals surface area contributed by atoms with Crippen molar-refractivity contribution in [3.05, 3.63) is 57.7 Å². The van der Waals surface area contributed by atoms with Crippen LogP contribution in [0.3, 0.4) is 0 Å². The minimum Gasteiger partial charge on any atom is -0.389 e. The lowest BCUT2D eigenvalue weighted by Crippen LogP contribution is -2.24. The summed E-state index contributed by atoms with van der Waals surface area (Å²) >= 11 is 11.4. The highest BCUT2D eigenvalue weighted by atomic mass is 35.5. The van der Waals surface area contributed by atoms with Gasteiger partial charge < -0.3 is 10.6 Å². The summed E-state index contributed by atoms with van der Waals surface area (Å²) in [7, 11) is 1.96. The lowest BCUT2D eigenvalue weighted by molar-refractivity contribution is 0.888. The van der Waals surface area contributed by atoms with Crippen molar-refractivity contribution < 1.29 is 0 Å². The lowest BCUT2D eigenvalue weighted by Gasteiger charge is -2.23. The van der Waals surface area contributed by atoms with Gasteiger partial charge in [-0.1, -0.05) is 42.0 Å². The van der Waals surface area contributed by atoms with E-state index >= 15 is 0 Å². The van der Waals surface area contributed by atoms with E-state index < -0.39 is 0 Å². The number of thiocarbonyl (C=S) groups is 1. The first-order valence-electron chi connectivity index (χ1n) is 6.62. The first kappa shape index (κ1) is 15.7. The Morgan fingerprint density at radius 2 is 2.00 bits per heavy atom. The second kappa shape index (κ2) is 6.41. The zero-order valence-corrected chi connectivity index (χ0v) is 13.9. The van der Waals surface area contributed by atoms with Crippen molar-refractivity contribution in [3.8, 4) is 0 Å². The van der Waals surface area contributed by atoms with Gasteiger partial charge in [-0.05, 0) is 37.1 Å². The molecule has 1 heterocycles. The van der Waals surface area contributed by atoms with E-state index in [4.69, 9.17) is 29.6 Å². The number of anilines is 1. The van der Waals surface area contributed by atoms with Crippen LogP contribution in [0.15, 0.2) is 30.3 Å². The van der Waals surface area contributed by atoms with E-state index in [-0.39, 0.29) is 0 Å². The molecular formula is C16H18ClN3S. The zero-order valence-electron chi connectivity index (χ0n) is 12.4. The first-order valence-corrected chi connectivity index (χ1v) is 7.41. The molecule has 0 aliphatic carbocycles. The highest BCUT2D eigenvalue weighted by Gasteiger charge is 2.16. The Hall–Kier alpha value is -1.65. The lowest BCUT2D eigenvalue weighted by atomic mass is 10.1. The number of hydrogen-bond donors (Lipinski definition) is 1. The molecule has 0 fully saturated rings. The summed E-state index contributed by atoms with van der Waals surface area (Å²) < 4.78 is 0. The number of halogens is 1. The molecule has 2 aromatic rings. The predicted molar refractivity (Wildman–Crippen MR) is 93.2 cm³/mol. The van der Waals surface area contributed by atoms with Crippen molar-refractivity contribution in [3.63, 3.8) is 0 Å². The molecule has 21 heavy (non-hydrogen) atoms. The molecule has 0 spiro atoms. The van der Waals surface area contributed by atoms with Gasteiger partial charge in [-0.3, -0.25) is 0 Å². The Bertz CT molecular complexity index is 685. The molecule has 1 aromatic heterocycles. The summed E-state index contributed by atoms with van der Waals surface area (Å²) in [6, 6.07) is 9.76. The molecule has 0 unspecified atom stereocenters. The van der Waals surface area contributed by atoms with Crippen molar-refractivity contribution in [2.24, 2.45) is 5.73 Å². The first-order chi connectivity index (χ1) is 9.90. The summed E-state index contributed by atoms with van der Waals surface area (Å²) in [5.74, 6) is 0.792. The van der Waals surface area contributed by atoms with Crippen LogP contribution in [-0.4, -0.2) is 17.0 Å². The maximum absolute atomic E-state index is 6.22. The van der Waals surface area contributed by atoms with Crippen LogP contribution in [0.25, 0.3) is 0 Å². The molecule has 1 aromatic carbocycles. The van der Waals surface area contributed by atoms with Crippen LogP contribution in [0.2, 0.25) is 5.02 Å². The van der Waals surface area contributed by atoms with Crippen LogP contribution in [-0.2, 0) is 6.54 Å². The maximum Gasteiger partial charge on any atom is 0.139 e. The number of aryl methyl sites for hydroxylation is 2. The van der Waals surface area contributed by atoms with E-state index in [1.54, 1.807) is 0 Å². The van der Waals surface area contributed by atoms with Crippen molar-refractivity contribution in [2.75, 3.05) is 11.9 Å². The quantitative estimate of drug-likeness (QED) is 0.874. The second-order valence-corrected chi connectivity index (χ2v) is 5.94. The van der Waals surface area contributed by atoms with Gasteiger partial charge in [0, 0.05) is 24.3 Å². The van der Waals surface area contributed by atoms with Crippen LogP contribution in [0.5, 0.6) is 0 Å². The summed E-state index contributed by atoms with van der Waals surface area (Å²) in [4.78, 5) is 6.98. The third-order valence-electron chi connectivity index (χ3n) is 3.30. The molecule has 3 nitrogen and oxygen atoms in total. The fourth-order valence-electron chi connectivity index (χ4n) is 2.35. The number of rotatable bonds is 4. The molecule has 2 N–H and O–H groups in total. The van der Waals surface area contributed by atoms with Crippen LogP contribution in [0.4, 0.5) is 5.82 Å². The largest absolute Gasteiger partial charge is 0.389 e. The van der Waals surface area contributed by atoms with E-state index in [2.05, 4.69) is 4.98 Å². The highest BCUT2D eigenvalue weighted by molar-refractivity contribution is 7.80. The summed E-state index contributed by atoms with van der Waals surface area (Å²) in [6.45, 7) is 4.60. The third kappa shape index (κ3) is 3.52. The highest BCUT2D eigenvalue weighted by Crippen LogP contribution is 2.25. The van der Waals surface area contributed by atoms with E-state index in [1.807, 2.05) is 56.1 Å². The normalized spacial score (nSPS) is 10.5. The van der Waals surface area contributed by atoms with Crippen LogP contribution in [0.1, 0.15) is 22.4 Å². The molecule has 0 bridgehead atoms. The van der Waals surface area contributed by atoms with Gasteiger partial charge in [0.05, 0.1) is 5.56 Å². The fourth-order valence-corrected chi connectivity index (χ4v) is 2.80. The minimum absolute atomic E-state index is 0.362. The van der Waals surface area contributed by atoms with Gasteiger partial charge >= 0.3 is 0 Å². The van der Waals surface area contributed by atoms with Crippen molar-refractivity contribution in [2.45, 2.75) is 20.4 Å². The van der Waals surface area contributed by atoms with Crippen LogP contribution >= 0.6 is 23.8 Å². The van der Waals surface area contributed by atoms with Gasteiger partial charge in [0.25, 0.3) is 0 Å². The molecule has 2 rings (SSSR count). The fraction of sp³-hybridized carbons (Fsp3) is 0.250. The van der Waals surface area contributed by atoms with Gasteiger partial charge in [-0.15, -0.1) is 0 Å². The number of aromatic nitrogens is 1. The van der Waals surface area contributed by atoms with Crippen molar-refractivity contribution in [1.29, 1.82) is 0 Å². The Morgan fingerprint density at radius 1 is 1.33 bits per heavy atom. The summed E-state index contributed by atoms with van der Waals surface area (Å²) in [6.07, 6.45) is 0. The van der Waals surface area contributed by atoms with E-state index in [9.17, 15) is 0 Å². The monoisotopic (exact) mass is 319 g/mol. The number of hydrogen-bond acceptors (Lipinski definition) is 3. The van der Waals surface area contributed by atoms with Gasteiger partial charge in [0.15, 0.2) is 0 Å². The smallest absolute Gasteiger partial charge is 0.139 e. The van der Waals surface area contributed by atoms with Gasteiger partial charge in [0.2, 0.25) is 0 Å². The minimum atomic E-state index is 0.362. The zero-order chi connectivity index (χ0) is 15.6. The number of pyridine rings is 1. The van der Waals surface area contributed by atoms with Gasteiger partial charge in [0.1, 0.15) is 10.8 Å². The molecule has 0 saturated heterocycles. The SMILES string of the molecule is Cc1cc(C)c(C(N)=S)c(N(C)Cc2ccccc2Cl)n1. The molecule has 0 aliphatic rings. The molecule has 0 saturated carbocycles. The van der Waals surface area contributed by atoms with Crippen molar-refractivity contribution in [1.82, 2.24) is 4.98 Å². The van der Waals surface area contributed by atoms with Gasteiger partial charge in [-0.25, -0.2) is 4.98 Å². The number of benzene rings is 1. The van der Waals surface area contributed by atoms with Crippen LogP contribution in [0, 0.1) is 13.8 Å². The molecule has 0 radical (unpaired) electrons. The Labute approximate surface area is 135 Å². The van der Waals surface area contributed by atoms with E-state index in [0.29, 0.717) is 11.5 Å². The average molecular weight is 320 g/mol. The molecule has 110 valence electrons. The topological polar surface area (TPSA) is 42.1 Å². The van der Waals surface area contributed by atoms with Crippen molar-refractivity contribution >= 4 is 34.6 Å². The third-order valence-corrected chi connectivity index (χ3v) is 3.87. The molecule has 0 aliphatic heterocycles. The number of nitrogens with zero attached hydrogens (tertiary/aromatic N) is 2. The average Bonchev–Trinajstić information content (AvgIpc) is 2.39. The second-order valence-electron chi connectivity index (χ2n) is 5.09. The van der Waals surface area contributed by atoms with Crippen LogP contribution < -0.4 is 10.6 Å². The predicted octanol–water partition coefficient (Wildman–Crippen LogP) is 3.62. The summed E-state index contributed by atoms with van der Waals surface area (Å²) in [5.41, 5.74) is 9.70. The molecule has 0 atom stereocenters. The Kier molecular flexibility index (Phi) is 4.80. The van der Waals surface area contributed by atoms with E-state index in [0.717, 1.165) is 33.2 Å². The Morgan fingerprint density at radius 3 is 2.62 bits per heavy atom. The Balaban J connectivity index is 2.41. The molecule has 5 heteroatoms. The maximum atomic E-state index is 6.22. The van der Waals surface area contributed by atoms with E-state index in [1.165, 1.54) is 0 Å². The number of nitrogens with two attached hydrogens (primary N) is 1. The van der Waals surface area contributed by atoms with Gasteiger partial charge in [-0.2, -0.15) is 0 Å². The molecular weight excluding hydrogens is 302 g/mol.